The molecule has 2 heteroatoms. The smallest absolute Gasteiger partial charge is 0.0465 e. The molecule has 0 unspecified atom stereocenters. The average molecular weight is 162 g/mol. The van der Waals surface area contributed by atoms with Crippen LogP contribution in [0.3, 0.4) is 0 Å². The lowest BCUT2D eigenvalue weighted by Crippen LogP contribution is -2.40. The molecule has 12 heavy (non-hydrogen) atoms. The van der Waals surface area contributed by atoms with Crippen molar-refractivity contribution in [2.75, 3.05) is 13.1 Å². The van der Waals surface area contributed by atoms with Crippen LogP contribution in [-0.2, 0) is 0 Å². The summed E-state index contributed by atoms with van der Waals surface area (Å²) < 4.78 is 0. The first-order valence-corrected chi connectivity index (χ1v) is 4.41. The van der Waals surface area contributed by atoms with Crippen molar-refractivity contribution in [2.24, 2.45) is 0 Å². The molecule has 0 atom stereocenters. The molecule has 1 aliphatic heterocycles. The Labute approximate surface area is 73.0 Å². The molecule has 1 fully saturated rings. The van der Waals surface area contributed by atoms with Gasteiger partial charge >= 0.3 is 0 Å². The van der Waals surface area contributed by atoms with E-state index >= 15 is 0 Å². The molecule has 2 nitrogen and oxygen atoms in total. The third-order valence-electron chi connectivity index (χ3n) is 2.32. The second-order valence-corrected chi connectivity index (χ2v) is 3.57. The molecule has 0 amide bonds. The summed E-state index contributed by atoms with van der Waals surface area (Å²) in [4.78, 5) is 4.52. The normalized spacial score (nSPS) is 17.5. The van der Waals surface area contributed by atoms with Gasteiger partial charge < -0.3 is 5.32 Å². The standard InChI is InChI=1S/C10H14N2/c1-7-3-8(2)12-10(4-7)9-5-11-6-9/h3-4,9,11H,5-6H2,1-2H3. The van der Waals surface area contributed by atoms with Crippen LogP contribution in [0.15, 0.2) is 12.1 Å². The Balaban J connectivity index is 2.30. The number of aryl methyl sites for hydroxylation is 2. The Morgan fingerprint density at radius 1 is 1.33 bits per heavy atom. The van der Waals surface area contributed by atoms with E-state index in [-0.39, 0.29) is 0 Å². The summed E-state index contributed by atoms with van der Waals surface area (Å²) in [5.74, 6) is 0.656. The Bertz CT molecular complexity index is 270. The van der Waals surface area contributed by atoms with Gasteiger partial charge in [-0.25, -0.2) is 0 Å². The molecule has 0 aliphatic carbocycles. The highest BCUT2D eigenvalue weighted by Gasteiger charge is 2.20. The molecule has 1 saturated heterocycles. The molecule has 1 aromatic rings. The average Bonchev–Trinajstić information content (AvgIpc) is 1.79. The molecular weight excluding hydrogens is 148 g/mol. The molecule has 0 radical (unpaired) electrons. The van der Waals surface area contributed by atoms with E-state index in [1.807, 2.05) is 0 Å². The topological polar surface area (TPSA) is 24.9 Å². The number of nitrogens with zero attached hydrogens (tertiary/aromatic N) is 1. The second-order valence-electron chi connectivity index (χ2n) is 3.57. The highest BCUT2D eigenvalue weighted by molar-refractivity contribution is 5.23. The van der Waals surface area contributed by atoms with Crippen LogP contribution in [0.25, 0.3) is 0 Å². The van der Waals surface area contributed by atoms with Gasteiger partial charge in [0.15, 0.2) is 0 Å². The van der Waals surface area contributed by atoms with Gasteiger partial charge in [-0.15, -0.1) is 0 Å². The highest BCUT2D eigenvalue weighted by Crippen LogP contribution is 2.18. The lowest BCUT2D eigenvalue weighted by molar-refractivity contribution is 0.439. The van der Waals surface area contributed by atoms with Crippen molar-refractivity contribution in [3.63, 3.8) is 0 Å². The van der Waals surface area contributed by atoms with E-state index in [2.05, 4.69) is 36.3 Å². The Hall–Kier alpha value is -0.890. The molecule has 0 saturated carbocycles. The summed E-state index contributed by atoms with van der Waals surface area (Å²) in [6.07, 6.45) is 0. The van der Waals surface area contributed by atoms with Crippen LogP contribution >= 0.6 is 0 Å². The maximum Gasteiger partial charge on any atom is 0.0465 e. The van der Waals surface area contributed by atoms with Crippen molar-refractivity contribution in [1.82, 2.24) is 10.3 Å². The Morgan fingerprint density at radius 3 is 2.58 bits per heavy atom. The number of rotatable bonds is 1. The fraction of sp³-hybridized carbons (Fsp3) is 0.500. The summed E-state index contributed by atoms with van der Waals surface area (Å²) in [7, 11) is 0. The first kappa shape index (κ1) is 7.74. The minimum Gasteiger partial charge on any atom is -0.315 e. The predicted octanol–water partition coefficient (Wildman–Crippen LogP) is 1.39. The fourth-order valence-corrected chi connectivity index (χ4v) is 1.58. The molecule has 64 valence electrons. The van der Waals surface area contributed by atoms with Crippen LogP contribution in [0.2, 0.25) is 0 Å². The first-order chi connectivity index (χ1) is 5.75. The van der Waals surface area contributed by atoms with E-state index in [0.717, 1.165) is 18.8 Å². The number of aromatic nitrogens is 1. The first-order valence-electron chi connectivity index (χ1n) is 4.41. The number of hydrogen-bond donors (Lipinski definition) is 1. The maximum absolute atomic E-state index is 4.52. The number of pyridine rings is 1. The lowest BCUT2D eigenvalue weighted by Gasteiger charge is -2.26. The second kappa shape index (κ2) is 2.87. The van der Waals surface area contributed by atoms with Crippen LogP contribution in [0, 0.1) is 13.8 Å². The Kier molecular flexibility index (Phi) is 1.85. The van der Waals surface area contributed by atoms with Crippen molar-refractivity contribution in [3.8, 4) is 0 Å². The molecular formula is C10H14N2. The van der Waals surface area contributed by atoms with Gasteiger partial charge in [0.2, 0.25) is 0 Å². The summed E-state index contributed by atoms with van der Waals surface area (Å²) in [5.41, 5.74) is 3.72. The van der Waals surface area contributed by atoms with E-state index in [9.17, 15) is 0 Å². The van der Waals surface area contributed by atoms with Gasteiger partial charge in [0.1, 0.15) is 0 Å². The maximum atomic E-state index is 4.52. The lowest BCUT2D eigenvalue weighted by atomic mass is 9.97. The van der Waals surface area contributed by atoms with Gasteiger partial charge in [-0.1, -0.05) is 0 Å². The molecule has 0 spiro atoms. The van der Waals surface area contributed by atoms with Gasteiger partial charge in [-0.2, -0.15) is 0 Å². The molecule has 1 N–H and O–H groups in total. The van der Waals surface area contributed by atoms with Crippen LogP contribution < -0.4 is 5.32 Å². The van der Waals surface area contributed by atoms with E-state index in [1.54, 1.807) is 0 Å². The van der Waals surface area contributed by atoms with Gasteiger partial charge in [-0.05, 0) is 31.5 Å². The highest BCUT2D eigenvalue weighted by atomic mass is 15.0. The summed E-state index contributed by atoms with van der Waals surface area (Å²) >= 11 is 0. The molecule has 0 bridgehead atoms. The molecule has 0 aromatic carbocycles. The van der Waals surface area contributed by atoms with Gasteiger partial charge in [-0.3, -0.25) is 4.98 Å². The third kappa shape index (κ3) is 1.34. The molecule has 1 aliphatic rings. The van der Waals surface area contributed by atoms with Crippen LogP contribution in [0.1, 0.15) is 22.9 Å². The quantitative estimate of drug-likeness (QED) is 0.675. The fourth-order valence-electron chi connectivity index (χ4n) is 1.58. The monoisotopic (exact) mass is 162 g/mol. The Morgan fingerprint density at radius 2 is 2.08 bits per heavy atom. The van der Waals surface area contributed by atoms with Crippen molar-refractivity contribution in [1.29, 1.82) is 0 Å². The predicted molar refractivity (Wildman–Crippen MR) is 49.3 cm³/mol. The minimum atomic E-state index is 0.656. The van der Waals surface area contributed by atoms with Crippen LogP contribution in [0.4, 0.5) is 0 Å². The van der Waals surface area contributed by atoms with Crippen molar-refractivity contribution in [2.45, 2.75) is 19.8 Å². The zero-order valence-electron chi connectivity index (χ0n) is 7.59. The minimum absolute atomic E-state index is 0.656. The molecule has 2 rings (SSSR count). The van der Waals surface area contributed by atoms with Gasteiger partial charge in [0, 0.05) is 30.4 Å². The summed E-state index contributed by atoms with van der Waals surface area (Å²) in [6, 6.07) is 4.31. The van der Waals surface area contributed by atoms with Crippen molar-refractivity contribution < 1.29 is 0 Å². The largest absolute Gasteiger partial charge is 0.315 e. The summed E-state index contributed by atoms with van der Waals surface area (Å²) in [6.45, 7) is 6.37. The van der Waals surface area contributed by atoms with Crippen LogP contribution in [0.5, 0.6) is 0 Å². The van der Waals surface area contributed by atoms with Crippen molar-refractivity contribution in [3.05, 3.63) is 29.1 Å². The zero-order chi connectivity index (χ0) is 8.55. The molecule has 1 aromatic heterocycles. The van der Waals surface area contributed by atoms with E-state index in [0.29, 0.717) is 5.92 Å². The van der Waals surface area contributed by atoms with E-state index in [1.165, 1.54) is 11.3 Å². The van der Waals surface area contributed by atoms with Gasteiger partial charge in [0.05, 0.1) is 0 Å². The van der Waals surface area contributed by atoms with Crippen molar-refractivity contribution >= 4 is 0 Å². The number of nitrogens with one attached hydrogen (secondary N) is 1. The SMILES string of the molecule is Cc1cc(C)nc(C2CNC2)c1. The number of hydrogen-bond acceptors (Lipinski definition) is 2. The van der Waals surface area contributed by atoms with E-state index < -0.39 is 0 Å². The van der Waals surface area contributed by atoms with Gasteiger partial charge in [0.25, 0.3) is 0 Å². The molecule has 2 heterocycles. The van der Waals surface area contributed by atoms with Crippen LogP contribution in [-0.4, -0.2) is 18.1 Å². The summed E-state index contributed by atoms with van der Waals surface area (Å²) in [5, 5.41) is 3.26. The third-order valence-corrected chi connectivity index (χ3v) is 2.32. The van der Waals surface area contributed by atoms with E-state index in [4.69, 9.17) is 0 Å². The zero-order valence-corrected chi connectivity index (χ0v) is 7.59.